The Hall–Kier alpha value is -3.81. The molecule has 1 fully saturated rings. The number of rotatable bonds is 5. The summed E-state index contributed by atoms with van der Waals surface area (Å²) in [5.74, 6) is 2.60. The molecule has 8 nitrogen and oxygen atoms in total. The van der Waals surface area contributed by atoms with Gasteiger partial charge in [0.05, 0.1) is 11.4 Å². The van der Waals surface area contributed by atoms with Gasteiger partial charge in [-0.3, -0.25) is 4.79 Å². The molecule has 160 valence electrons. The molecule has 1 saturated carbocycles. The monoisotopic (exact) mass is 425 g/mol. The van der Waals surface area contributed by atoms with Crippen molar-refractivity contribution < 1.29 is 4.79 Å². The van der Waals surface area contributed by atoms with Crippen molar-refractivity contribution in [3.63, 3.8) is 0 Å². The maximum atomic E-state index is 13.2. The van der Waals surface area contributed by atoms with E-state index < -0.39 is 0 Å². The van der Waals surface area contributed by atoms with Crippen LogP contribution < -0.4 is 5.32 Å². The van der Waals surface area contributed by atoms with Gasteiger partial charge in [0.1, 0.15) is 23.7 Å². The van der Waals surface area contributed by atoms with Crippen LogP contribution in [0.3, 0.4) is 0 Å². The normalized spacial score (nSPS) is 14.5. The summed E-state index contributed by atoms with van der Waals surface area (Å²) in [4.78, 5) is 22.6. The van der Waals surface area contributed by atoms with Crippen LogP contribution in [0.1, 0.15) is 66.1 Å². The van der Waals surface area contributed by atoms with Crippen molar-refractivity contribution in [1.82, 2.24) is 29.3 Å². The number of aromatic nitrogens is 6. The maximum Gasteiger partial charge on any atom is 0.257 e. The molecule has 4 aromatic rings. The van der Waals surface area contributed by atoms with E-state index in [0.717, 1.165) is 17.1 Å². The van der Waals surface area contributed by atoms with Crippen LogP contribution in [0.2, 0.25) is 0 Å². The van der Waals surface area contributed by atoms with Crippen molar-refractivity contribution in [1.29, 1.82) is 0 Å². The molecule has 4 heterocycles. The quantitative estimate of drug-likeness (QED) is 0.457. The molecule has 2 aliphatic rings. The summed E-state index contributed by atoms with van der Waals surface area (Å²) in [6, 6.07) is 11.6. The van der Waals surface area contributed by atoms with Crippen LogP contribution >= 0.6 is 0 Å². The van der Waals surface area contributed by atoms with E-state index in [-0.39, 0.29) is 11.9 Å². The number of carbonyl (C=O) groups excluding carboxylic acids is 1. The smallest absolute Gasteiger partial charge is 0.257 e. The minimum absolute atomic E-state index is 0.176. The molecule has 0 radical (unpaired) electrons. The lowest BCUT2D eigenvalue weighted by Crippen LogP contribution is -2.15. The van der Waals surface area contributed by atoms with Gasteiger partial charge in [0, 0.05) is 30.1 Å². The molecule has 0 unspecified atom stereocenters. The van der Waals surface area contributed by atoms with Gasteiger partial charge in [-0.1, -0.05) is 12.1 Å². The summed E-state index contributed by atoms with van der Waals surface area (Å²) in [5.41, 5.74) is 4.54. The third-order valence-corrected chi connectivity index (χ3v) is 6.13. The van der Waals surface area contributed by atoms with Crippen molar-refractivity contribution in [2.45, 2.75) is 45.1 Å². The third-order valence-electron chi connectivity index (χ3n) is 6.13. The first kappa shape index (κ1) is 18.9. The molecule has 8 heteroatoms. The summed E-state index contributed by atoms with van der Waals surface area (Å²) < 4.78 is 4.09. The van der Waals surface area contributed by atoms with Gasteiger partial charge in [-0.15, -0.1) is 10.2 Å². The fourth-order valence-corrected chi connectivity index (χ4v) is 4.32. The van der Waals surface area contributed by atoms with Crippen molar-refractivity contribution in [3.8, 4) is 17.2 Å². The van der Waals surface area contributed by atoms with Crippen LogP contribution in [0, 0.1) is 0 Å². The van der Waals surface area contributed by atoms with Gasteiger partial charge in [0.25, 0.3) is 5.91 Å². The molecular weight excluding hydrogens is 402 g/mol. The van der Waals surface area contributed by atoms with E-state index in [1.54, 1.807) is 12.4 Å². The predicted octanol–water partition coefficient (Wildman–Crippen LogP) is 4.14. The zero-order valence-corrected chi connectivity index (χ0v) is 18.0. The van der Waals surface area contributed by atoms with Crippen molar-refractivity contribution >= 4 is 11.7 Å². The molecule has 1 aliphatic heterocycles. The third kappa shape index (κ3) is 3.10. The molecule has 0 bridgehead atoms. The number of nitrogens with one attached hydrogen (secondary N) is 1. The van der Waals surface area contributed by atoms with E-state index in [1.165, 1.54) is 18.5 Å². The molecule has 6 rings (SSSR count). The SMILES string of the molecule is CC(C)n1cnnc1-c1cccc(NC(=O)c2cccc3c2Cc2nc(C4CC4)cn2-3)n1. The van der Waals surface area contributed by atoms with Crippen LogP contribution in [0.15, 0.2) is 48.9 Å². The molecule has 0 saturated heterocycles. The highest BCUT2D eigenvalue weighted by Crippen LogP contribution is 2.41. The highest BCUT2D eigenvalue weighted by atomic mass is 16.1. The molecule has 0 spiro atoms. The highest BCUT2D eigenvalue weighted by molar-refractivity contribution is 6.05. The van der Waals surface area contributed by atoms with Gasteiger partial charge in [-0.2, -0.15) is 0 Å². The minimum atomic E-state index is -0.176. The van der Waals surface area contributed by atoms with E-state index in [1.807, 2.05) is 28.8 Å². The largest absolute Gasteiger partial charge is 0.310 e. The van der Waals surface area contributed by atoms with Crippen molar-refractivity contribution in [3.05, 3.63) is 71.6 Å². The topological polar surface area (TPSA) is 90.5 Å². The number of fused-ring (bicyclic) bond motifs is 3. The number of hydrogen-bond donors (Lipinski definition) is 1. The number of nitrogens with zero attached hydrogens (tertiary/aromatic N) is 6. The van der Waals surface area contributed by atoms with Gasteiger partial charge in [-0.25, -0.2) is 9.97 Å². The van der Waals surface area contributed by atoms with E-state index in [2.05, 4.69) is 51.2 Å². The molecule has 1 N–H and O–H groups in total. The van der Waals surface area contributed by atoms with Gasteiger partial charge in [0.2, 0.25) is 0 Å². The maximum absolute atomic E-state index is 13.2. The average Bonchev–Trinajstić information content (AvgIpc) is 3.20. The summed E-state index contributed by atoms with van der Waals surface area (Å²) in [5, 5.41) is 11.2. The van der Waals surface area contributed by atoms with Crippen LogP contribution in [0.25, 0.3) is 17.2 Å². The van der Waals surface area contributed by atoms with Crippen molar-refractivity contribution in [2.24, 2.45) is 0 Å². The van der Waals surface area contributed by atoms with E-state index in [0.29, 0.717) is 35.2 Å². The molecule has 0 atom stereocenters. The van der Waals surface area contributed by atoms with Crippen LogP contribution in [-0.4, -0.2) is 35.2 Å². The molecule has 1 amide bonds. The van der Waals surface area contributed by atoms with Gasteiger partial charge >= 0.3 is 0 Å². The lowest BCUT2D eigenvalue weighted by Gasteiger charge is -2.12. The Bertz CT molecular complexity index is 1350. The summed E-state index contributed by atoms with van der Waals surface area (Å²) >= 11 is 0. The molecule has 1 aliphatic carbocycles. The van der Waals surface area contributed by atoms with Crippen LogP contribution in [0.5, 0.6) is 0 Å². The lowest BCUT2D eigenvalue weighted by molar-refractivity contribution is 0.102. The first-order chi connectivity index (χ1) is 15.6. The van der Waals surface area contributed by atoms with E-state index in [4.69, 9.17) is 4.98 Å². The molecule has 32 heavy (non-hydrogen) atoms. The first-order valence-corrected chi connectivity index (χ1v) is 11.0. The Morgan fingerprint density at radius 3 is 2.78 bits per heavy atom. The van der Waals surface area contributed by atoms with Crippen molar-refractivity contribution in [2.75, 3.05) is 5.32 Å². The number of amides is 1. The number of imidazole rings is 1. The van der Waals surface area contributed by atoms with Crippen LogP contribution in [-0.2, 0) is 6.42 Å². The Morgan fingerprint density at radius 1 is 1.12 bits per heavy atom. The van der Waals surface area contributed by atoms with E-state index >= 15 is 0 Å². The Morgan fingerprint density at radius 2 is 1.97 bits per heavy atom. The fraction of sp³-hybridized carbons (Fsp3) is 0.292. The van der Waals surface area contributed by atoms with Gasteiger partial charge in [0.15, 0.2) is 5.82 Å². The molecular formula is C24H23N7O. The zero-order chi connectivity index (χ0) is 21.8. The Labute approximate surface area is 185 Å². The Balaban J connectivity index is 1.28. The first-order valence-electron chi connectivity index (χ1n) is 11.0. The fourth-order valence-electron chi connectivity index (χ4n) is 4.32. The van der Waals surface area contributed by atoms with Crippen LogP contribution in [0.4, 0.5) is 5.82 Å². The number of carbonyl (C=O) groups is 1. The second-order valence-corrected chi connectivity index (χ2v) is 8.72. The number of benzene rings is 1. The molecule has 1 aromatic carbocycles. The summed E-state index contributed by atoms with van der Waals surface area (Å²) in [7, 11) is 0. The summed E-state index contributed by atoms with van der Waals surface area (Å²) in [6.45, 7) is 4.12. The number of pyridine rings is 1. The zero-order valence-electron chi connectivity index (χ0n) is 18.0. The van der Waals surface area contributed by atoms with E-state index in [9.17, 15) is 4.79 Å². The second-order valence-electron chi connectivity index (χ2n) is 8.72. The number of hydrogen-bond acceptors (Lipinski definition) is 5. The number of anilines is 1. The van der Waals surface area contributed by atoms with Gasteiger partial charge in [-0.05, 0) is 56.5 Å². The van der Waals surface area contributed by atoms with Gasteiger partial charge < -0.3 is 14.5 Å². The minimum Gasteiger partial charge on any atom is -0.310 e. The standard InChI is InChI=1S/C24H23N7O/c1-14(2)31-13-25-29-23(31)18-6-4-8-21(26-18)28-24(32)16-5-3-7-20-17(16)11-22-27-19(12-30(20)22)15-9-10-15/h3-8,12-15H,9-11H2,1-2H3,(H,26,28,32). The Kier molecular flexibility index (Phi) is 4.21. The molecule has 3 aromatic heterocycles. The summed E-state index contributed by atoms with van der Waals surface area (Å²) in [6.07, 6.45) is 6.95. The second kappa shape index (κ2) is 7.12. The predicted molar refractivity (Wildman–Crippen MR) is 120 cm³/mol. The lowest BCUT2D eigenvalue weighted by atomic mass is 10.0. The highest BCUT2D eigenvalue weighted by Gasteiger charge is 2.31. The average molecular weight is 425 g/mol.